The summed E-state index contributed by atoms with van der Waals surface area (Å²) >= 11 is 0. The first kappa shape index (κ1) is 46.0. The number of nitrogens with one attached hydrogen (secondary N) is 3. The van der Waals surface area contributed by atoms with E-state index in [1.165, 1.54) is 36.8 Å². The summed E-state index contributed by atoms with van der Waals surface area (Å²) in [4.78, 5) is 44.7. The highest BCUT2D eigenvalue weighted by Crippen LogP contribution is 2.54. The number of hydrogen-bond acceptors (Lipinski definition) is 13. The molecular weight excluding hydrogens is 883 g/mol. The summed E-state index contributed by atoms with van der Waals surface area (Å²) in [6.07, 6.45) is 13.1. The molecule has 360 valence electrons. The van der Waals surface area contributed by atoms with Crippen LogP contribution in [0.2, 0.25) is 0 Å². The van der Waals surface area contributed by atoms with E-state index in [-0.39, 0.29) is 17.3 Å². The average Bonchev–Trinajstić information content (AvgIpc) is 3.95. The van der Waals surface area contributed by atoms with E-state index < -0.39 is 37.0 Å². The van der Waals surface area contributed by atoms with Crippen molar-refractivity contribution in [1.82, 2.24) is 24.6 Å². The van der Waals surface area contributed by atoms with Gasteiger partial charge in [-0.3, -0.25) is 19.8 Å². The van der Waals surface area contributed by atoms with Crippen molar-refractivity contribution in [2.75, 3.05) is 54.4 Å². The minimum Gasteiger partial charge on any atom is -0.476 e. The average molecular weight is 946 g/mol. The molecule has 16 nitrogen and oxygen atoms in total. The van der Waals surface area contributed by atoms with Crippen molar-refractivity contribution in [2.24, 2.45) is 11.3 Å². The van der Waals surface area contributed by atoms with Crippen LogP contribution in [0.25, 0.3) is 11.0 Å². The second kappa shape index (κ2) is 18.3. The lowest BCUT2D eigenvalue weighted by molar-refractivity contribution is -0.384. The fourth-order valence-corrected chi connectivity index (χ4v) is 12.6. The largest absolute Gasteiger partial charge is 0.476 e. The molecule has 5 aliphatic rings. The lowest BCUT2D eigenvalue weighted by atomic mass is 9.59. The number of fused-ring (bicyclic) bond motifs is 2. The monoisotopic (exact) mass is 945 g/mol. The Hall–Kier alpha value is -5.78. The fourth-order valence-electron chi connectivity index (χ4n) is 11.7. The number of nitro groups is 1. The number of anilines is 4. The van der Waals surface area contributed by atoms with E-state index in [0.29, 0.717) is 85.3 Å². The Morgan fingerprint density at radius 1 is 0.985 bits per heavy atom. The van der Waals surface area contributed by atoms with Crippen molar-refractivity contribution < 1.29 is 28.0 Å². The van der Waals surface area contributed by atoms with Crippen molar-refractivity contribution in [3.8, 4) is 5.88 Å². The Balaban J connectivity index is 0.886. The van der Waals surface area contributed by atoms with Gasteiger partial charge in [-0.2, -0.15) is 4.98 Å². The molecule has 0 unspecified atom stereocenters. The number of benzene rings is 2. The number of aromatic amines is 1. The molecule has 17 heteroatoms. The summed E-state index contributed by atoms with van der Waals surface area (Å²) in [6.45, 7) is 10.5. The zero-order valence-corrected chi connectivity index (χ0v) is 40.1. The number of carbonyl (C=O) groups is 1. The molecule has 2 saturated carbocycles. The van der Waals surface area contributed by atoms with Crippen LogP contribution >= 0.6 is 0 Å². The zero-order chi connectivity index (χ0) is 47.4. The Labute approximate surface area is 398 Å². The number of piperidine rings is 1. The molecule has 3 aromatic heterocycles. The quantitative estimate of drug-likeness (QED) is 0.0683. The van der Waals surface area contributed by atoms with Crippen molar-refractivity contribution in [2.45, 2.75) is 120 Å². The number of nitrogens with zero attached hydrogens (tertiary/aromatic N) is 6. The number of H-pyrrole nitrogens is 1. The third-order valence-electron chi connectivity index (χ3n) is 15.6. The molecule has 4 N–H and O–H groups in total. The predicted molar refractivity (Wildman–Crippen MR) is 262 cm³/mol. The summed E-state index contributed by atoms with van der Waals surface area (Å²) in [5, 5.41) is 26.5. The summed E-state index contributed by atoms with van der Waals surface area (Å²) in [5.74, 6) is 0.108. The van der Waals surface area contributed by atoms with E-state index >= 15 is 0 Å². The number of aromatic nitrogens is 3. The maximum Gasteiger partial charge on any atom is 0.312 e. The van der Waals surface area contributed by atoms with Gasteiger partial charge in [-0.25, -0.2) is 18.1 Å². The molecule has 1 spiro atoms. The number of rotatable bonds is 12. The smallest absolute Gasteiger partial charge is 0.312 e. The second-order valence-electron chi connectivity index (χ2n) is 20.6. The van der Waals surface area contributed by atoms with Crippen LogP contribution in [-0.2, 0) is 10.0 Å². The molecule has 2 aliphatic carbocycles. The van der Waals surface area contributed by atoms with Crippen molar-refractivity contribution in [3.63, 3.8) is 0 Å². The maximum absolute atomic E-state index is 14.4. The molecule has 4 fully saturated rings. The number of aliphatic hydroxyl groups is 1. The number of amides is 1. The summed E-state index contributed by atoms with van der Waals surface area (Å²) in [5.41, 5.74) is 4.87. The van der Waals surface area contributed by atoms with Crippen LogP contribution in [0, 0.1) is 21.4 Å². The van der Waals surface area contributed by atoms with Gasteiger partial charge in [0.05, 0.1) is 34.6 Å². The van der Waals surface area contributed by atoms with Crippen LogP contribution in [0.15, 0.2) is 78.0 Å². The Morgan fingerprint density at radius 3 is 2.53 bits per heavy atom. The molecule has 1 atom stereocenters. The normalized spacial score (nSPS) is 23.2. The van der Waals surface area contributed by atoms with E-state index in [1.54, 1.807) is 12.3 Å². The van der Waals surface area contributed by atoms with Crippen LogP contribution < -0.4 is 24.6 Å². The molecule has 1 amide bonds. The van der Waals surface area contributed by atoms with Crippen molar-refractivity contribution >= 4 is 55.5 Å². The highest BCUT2D eigenvalue weighted by atomic mass is 32.2. The van der Waals surface area contributed by atoms with Crippen LogP contribution in [-0.4, -0.2) is 95.2 Å². The standard InChI is InChI=1S/C51H63N9O7S/c1-33(2)39-8-4-5-9-40(39)42-10-6-21-58(42)37-29-51(30-37)18-23-57(24-19-51)36-11-12-41(43(27-36)59-22-7-25-67-49-45(59)26-35-15-20-52-46(35)55-49)48(61)56-68(65,66)38-28-44(60(63)64)47(54-32-38)53-31-34-13-16-50(3,62)17-14-34/h4-5,8-9,11-12,15,20,26-28,32-34,37,42,62H,6-7,10,13-14,16-19,21-25,29-31H2,1-3H3,(H,52,55)(H,53,54)(H,56,61)/t34?,42-,50?/m1/s1. The zero-order valence-electron chi connectivity index (χ0n) is 39.2. The van der Waals surface area contributed by atoms with Crippen LogP contribution in [0.3, 0.4) is 0 Å². The van der Waals surface area contributed by atoms with Gasteiger partial charge in [0, 0.05) is 61.6 Å². The second-order valence-corrected chi connectivity index (χ2v) is 22.2. The predicted octanol–water partition coefficient (Wildman–Crippen LogP) is 8.97. The Bertz CT molecular complexity index is 2810. The minimum absolute atomic E-state index is 0.0630. The van der Waals surface area contributed by atoms with Crippen molar-refractivity contribution in [1.29, 1.82) is 0 Å². The summed E-state index contributed by atoms with van der Waals surface area (Å²) < 4.78 is 36.3. The van der Waals surface area contributed by atoms with Gasteiger partial charge in [-0.05, 0) is 143 Å². The van der Waals surface area contributed by atoms with Crippen LogP contribution in [0.1, 0.15) is 125 Å². The third-order valence-corrected chi connectivity index (χ3v) is 16.9. The first-order valence-electron chi connectivity index (χ1n) is 24.5. The Kier molecular flexibility index (Phi) is 12.4. The topological polar surface area (TPSA) is 199 Å². The van der Waals surface area contributed by atoms with Gasteiger partial charge in [0.15, 0.2) is 0 Å². The summed E-state index contributed by atoms with van der Waals surface area (Å²) in [6, 6.07) is 20.4. The first-order valence-corrected chi connectivity index (χ1v) is 25.9. The van der Waals surface area contributed by atoms with Gasteiger partial charge in [-0.1, -0.05) is 38.1 Å². The van der Waals surface area contributed by atoms with E-state index in [0.717, 1.165) is 68.7 Å². The number of hydrogen-bond donors (Lipinski definition) is 4. The van der Waals surface area contributed by atoms with Gasteiger partial charge in [0.25, 0.3) is 15.9 Å². The van der Waals surface area contributed by atoms with Gasteiger partial charge in [0.1, 0.15) is 16.2 Å². The molecule has 5 aromatic rings. The highest BCUT2D eigenvalue weighted by Gasteiger charge is 2.50. The van der Waals surface area contributed by atoms with E-state index in [1.807, 2.05) is 36.1 Å². The minimum atomic E-state index is -4.64. The Morgan fingerprint density at radius 2 is 1.76 bits per heavy atom. The van der Waals surface area contributed by atoms with Crippen LogP contribution in [0.5, 0.6) is 5.88 Å². The number of ether oxygens (including phenoxy) is 1. The third kappa shape index (κ3) is 9.11. The molecule has 6 heterocycles. The number of likely N-dealkylation sites (tertiary alicyclic amines) is 1. The summed E-state index contributed by atoms with van der Waals surface area (Å²) in [7, 11) is -4.64. The SMILES string of the molecule is CC(C)c1ccccc1[C@H]1CCCN1C1CC2(CCN(c3ccc(C(=O)NS(=O)(=O)c4cnc(NCC5CCC(C)(O)CC5)c([N+](=O)[O-])c4)c(N4CCCOc5nc6[nH]ccc6cc54)c3)CC2)C1. The molecule has 2 aromatic carbocycles. The van der Waals surface area contributed by atoms with E-state index in [4.69, 9.17) is 9.72 Å². The van der Waals surface area contributed by atoms with E-state index in [2.05, 4.69) is 67.9 Å². The van der Waals surface area contributed by atoms with Crippen LogP contribution in [0.4, 0.5) is 28.6 Å². The highest BCUT2D eigenvalue weighted by molar-refractivity contribution is 7.90. The van der Waals surface area contributed by atoms with E-state index in [9.17, 15) is 28.4 Å². The number of pyridine rings is 2. The number of carbonyl (C=O) groups excluding carboxylic acids is 1. The molecule has 68 heavy (non-hydrogen) atoms. The van der Waals surface area contributed by atoms with Gasteiger partial charge < -0.3 is 29.9 Å². The molecule has 0 bridgehead atoms. The fraction of sp³-hybridized carbons (Fsp3) is 0.510. The maximum atomic E-state index is 14.4. The molecule has 2 saturated heterocycles. The molecule has 3 aliphatic heterocycles. The molecule has 0 radical (unpaired) electrons. The lowest BCUT2D eigenvalue weighted by Gasteiger charge is -2.56. The first-order chi connectivity index (χ1) is 32.7. The van der Waals surface area contributed by atoms with Gasteiger partial charge in [0.2, 0.25) is 11.7 Å². The van der Waals surface area contributed by atoms with Gasteiger partial charge >= 0.3 is 5.69 Å². The lowest BCUT2D eigenvalue weighted by Crippen LogP contribution is -2.55. The molecule has 10 rings (SSSR count). The number of sulfonamides is 1. The van der Waals surface area contributed by atoms with Gasteiger partial charge in [-0.15, -0.1) is 0 Å². The van der Waals surface area contributed by atoms with Crippen molar-refractivity contribution in [3.05, 3.63) is 99.9 Å². The molecular formula is C51H63N9O7S.